The second-order valence-electron chi connectivity index (χ2n) is 13.6. The molecule has 0 heterocycles. The van der Waals surface area contributed by atoms with Crippen molar-refractivity contribution in [3.05, 3.63) is 72.9 Å². The van der Waals surface area contributed by atoms with E-state index in [2.05, 4.69) is 74.6 Å². The fraction of sp³-hybridized carbons (Fsp3) is 0.659. The van der Waals surface area contributed by atoms with Crippen LogP contribution in [0.1, 0.15) is 123 Å². The lowest BCUT2D eigenvalue weighted by Gasteiger charge is -2.28. The molecule has 51 heavy (non-hydrogen) atoms. The largest absolute Gasteiger partial charge is 0.756 e. The highest BCUT2D eigenvalue weighted by molar-refractivity contribution is 7.45. The van der Waals surface area contributed by atoms with Crippen LogP contribution in [0.25, 0.3) is 0 Å². The van der Waals surface area contributed by atoms with Crippen molar-refractivity contribution in [2.75, 3.05) is 47.5 Å². The summed E-state index contributed by atoms with van der Waals surface area (Å²) in [4.78, 5) is 37.3. The van der Waals surface area contributed by atoms with E-state index in [1.807, 2.05) is 33.3 Å². The molecule has 0 saturated heterocycles. The maximum absolute atomic E-state index is 12.6. The average Bonchev–Trinajstić information content (AvgIpc) is 3.07. The highest BCUT2D eigenvalue weighted by atomic mass is 31.2. The summed E-state index contributed by atoms with van der Waals surface area (Å²) in [5, 5.41) is 0. The normalized spacial score (nSPS) is 14.5. The van der Waals surface area contributed by atoms with Gasteiger partial charge in [-0.2, -0.15) is 0 Å². The highest BCUT2D eigenvalue weighted by Gasteiger charge is 2.21. The molecule has 0 rings (SSSR count). The third-order valence-electron chi connectivity index (χ3n) is 7.47. The number of phosphoric ester groups is 1. The molecule has 0 spiro atoms. The van der Waals surface area contributed by atoms with Crippen LogP contribution < -0.4 is 4.89 Å². The Balaban J connectivity index is 4.58. The number of likely N-dealkylation sites (N-methyl/N-ethyl adjacent to an activating group) is 1. The molecule has 9 nitrogen and oxygen atoms in total. The average molecular weight is 736 g/mol. The Morgan fingerprint density at radius 2 is 1.16 bits per heavy atom. The van der Waals surface area contributed by atoms with Crippen LogP contribution in [0.3, 0.4) is 0 Å². The minimum Gasteiger partial charge on any atom is -0.756 e. The number of unbranched alkanes of at least 4 members (excludes halogenated alkanes) is 7. The number of rotatable bonds is 33. The Labute approximate surface area is 310 Å². The van der Waals surface area contributed by atoms with Crippen LogP contribution >= 0.6 is 7.82 Å². The first-order valence-corrected chi connectivity index (χ1v) is 20.6. The smallest absolute Gasteiger partial charge is 0.306 e. The molecule has 0 bridgehead atoms. The van der Waals surface area contributed by atoms with Gasteiger partial charge < -0.3 is 27.9 Å². The summed E-state index contributed by atoms with van der Waals surface area (Å²) >= 11 is 0. The molecule has 0 aromatic carbocycles. The van der Waals surface area contributed by atoms with Crippen LogP contribution in [-0.4, -0.2) is 70.0 Å². The zero-order chi connectivity index (χ0) is 37.9. The molecule has 292 valence electrons. The molecule has 10 heteroatoms. The van der Waals surface area contributed by atoms with Crippen LogP contribution in [-0.2, 0) is 32.7 Å². The molecular weight excluding hydrogens is 665 g/mol. The molecule has 0 aromatic rings. The summed E-state index contributed by atoms with van der Waals surface area (Å²) in [5.41, 5.74) is 0. The molecule has 0 aliphatic heterocycles. The minimum atomic E-state index is -4.64. The summed E-state index contributed by atoms with van der Waals surface area (Å²) in [6.45, 7) is 3.93. The standard InChI is InChI=1S/C41H70NO8P/c1-6-8-10-12-14-16-18-20-22-23-25-27-29-31-33-40(43)47-37-39(38-49-51(45,46)48-36-35-42(3,4)5)50-41(44)34-32-30-28-26-24-21-19-17-15-13-11-9-7-2/h9,11-12,14-15,17-18,20-21,24,28,30,39H,6-8,10,13,16,19,22-23,25-27,29,31-38H2,1-5H3/b11-9-,14-12-,17-15-,20-18-,24-21-,30-28-. The number of carbonyl (C=O) groups is 2. The molecule has 0 aliphatic carbocycles. The number of nitrogens with zero attached hydrogens (tertiary/aromatic N) is 1. The molecule has 0 radical (unpaired) electrons. The fourth-order valence-corrected chi connectivity index (χ4v) is 5.18. The number of hydrogen-bond donors (Lipinski definition) is 0. The van der Waals surface area contributed by atoms with Crippen LogP contribution in [0.15, 0.2) is 72.9 Å². The molecule has 0 amide bonds. The molecule has 0 aromatic heterocycles. The number of phosphoric acid groups is 1. The molecule has 0 aliphatic rings. The zero-order valence-corrected chi connectivity index (χ0v) is 33.4. The Kier molecular flexibility index (Phi) is 31.6. The Hall–Kier alpha value is -2.55. The van der Waals surface area contributed by atoms with Gasteiger partial charge >= 0.3 is 11.9 Å². The van der Waals surface area contributed by atoms with Gasteiger partial charge in [0.2, 0.25) is 0 Å². The van der Waals surface area contributed by atoms with Gasteiger partial charge in [-0.25, -0.2) is 0 Å². The van der Waals surface area contributed by atoms with Gasteiger partial charge in [0.25, 0.3) is 7.82 Å². The second-order valence-corrected chi connectivity index (χ2v) is 15.0. The van der Waals surface area contributed by atoms with Gasteiger partial charge in [0, 0.05) is 12.8 Å². The van der Waals surface area contributed by atoms with E-state index in [0.717, 1.165) is 70.6 Å². The predicted molar refractivity (Wildman–Crippen MR) is 208 cm³/mol. The Morgan fingerprint density at radius 1 is 0.627 bits per heavy atom. The van der Waals surface area contributed by atoms with Gasteiger partial charge in [0.15, 0.2) is 6.10 Å². The third-order valence-corrected chi connectivity index (χ3v) is 8.44. The topological polar surface area (TPSA) is 111 Å². The van der Waals surface area contributed by atoms with Crippen LogP contribution in [0.4, 0.5) is 0 Å². The van der Waals surface area contributed by atoms with Gasteiger partial charge in [-0.15, -0.1) is 0 Å². The van der Waals surface area contributed by atoms with Crippen LogP contribution in [0.2, 0.25) is 0 Å². The predicted octanol–water partition coefficient (Wildman–Crippen LogP) is 9.66. The first-order valence-electron chi connectivity index (χ1n) is 19.1. The number of carbonyl (C=O) groups excluding carboxylic acids is 2. The maximum Gasteiger partial charge on any atom is 0.306 e. The van der Waals surface area contributed by atoms with Gasteiger partial charge in [-0.05, 0) is 64.2 Å². The van der Waals surface area contributed by atoms with E-state index in [1.165, 1.54) is 12.8 Å². The van der Waals surface area contributed by atoms with Crippen molar-refractivity contribution in [3.8, 4) is 0 Å². The van der Waals surface area contributed by atoms with Crippen molar-refractivity contribution in [1.82, 2.24) is 0 Å². The maximum atomic E-state index is 12.6. The number of ether oxygens (including phenoxy) is 2. The Morgan fingerprint density at radius 3 is 1.75 bits per heavy atom. The second kappa shape index (κ2) is 33.3. The van der Waals surface area contributed by atoms with E-state index in [0.29, 0.717) is 23.9 Å². The highest BCUT2D eigenvalue weighted by Crippen LogP contribution is 2.38. The number of esters is 2. The summed E-state index contributed by atoms with van der Waals surface area (Å²) in [5.74, 6) is -0.956. The van der Waals surface area contributed by atoms with Gasteiger partial charge in [0.05, 0.1) is 27.7 Å². The van der Waals surface area contributed by atoms with Crippen molar-refractivity contribution in [2.45, 2.75) is 129 Å². The molecule has 0 N–H and O–H groups in total. The summed E-state index contributed by atoms with van der Waals surface area (Å²) < 4.78 is 33.6. The summed E-state index contributed by atoms with van der Waals surface area (Å²) in [6, 6.07) is 0. The number of hydrogen-bond acceptors (Lipinski definition) is 8. The van der Waals surface area contributed by atoms with Crippen LogP contribution in [0.5, 0.6) is 0 Å². The lowest BCUT2D eigenvalue weighted by molar-refractivity contribution is -0.870. The molecular formula is C41H70NO8P. The molecule has 2 unspecified atom stereocenters. The van der Waals surface area contributed by atoms with E-state index in [1.54, 1.807) is 0 Å². The lowest BCUT2D eigenvalue weighted by Crippen LogP contribution is -2.37. The van der Waals surface area contributed by atoms with Crippen molar-refractivity contribution in [1.29, 1.82) is 0 Å². The quantitative estimate of drug-likeness (QED) is 0.0215. The minimum absolute atomic E-state index is 0.0495. The van der Waals surface area contributed by atoms with Crippen molar-refractivity contribution in [3.63, 3.8) is 0 Å². The Bertz CT molecular complexity index is 1100. The van der Waals surface area contributed by atoms with Gasteiger partial charge in [0.1, 0.15) is 19.8 Å². The number of quaternary nitrogens is 1. The van der Waals surface area contributed by atoms with Gasteiger partial charge in [-0.3, -0.25) is 14.2 Å². The van der Waals surface area contributed by atoms with Crippen molar-refractivity contribution in [2.24, 2.45) is 0 Å². The fourth-order valence-electron chi connectivity index (χ4n) is 4.45. The van der Waals surface area contributed by atoms with E-state index in [-0.39, 0.29) is 26.1 Å². The molecule has 0 saturated carbocycles. The van der Waals surface area contributed by atoms with Crippen molar-refractivity contribution >= 4 is 19.8 Å². The van der Waals surface area contributed by atoms with E-state index >= 15 is 0 Å². The number of allylic oxidation sites excluding steroid dienone is 12. The van der Waals surface area contributed by atoms with Gasteiger partial charge in [-0.1, -0.05) is 119 Å². The zero-order valence-electron chi connectivity index (χ0n) is 32.5. The van der Waals surface area contributed by atoms with E-state index in [4.69, 9.17) is 18.5 Å². The van der Waals surface area contributed by atoms with E-state index in [9.17, 15) is 19.0 Å². The lowest BCUT2D eigenvalue weighted by atomic mass is 10.1. The van der Waals surface area contributed by atoms with Crippen molar-refractivity contribution < 1.29 is 42.1 Å². The SMILES string of the molecule is CC/C=C\C/C=C\C/C=C\C/C=C\CCC(=O)OC(COC(=O)CCCCCCC/C=C\C/C=C\CCCC)COP(=O)([O-])OCC[N+](C)(C)C. The first-order chi connectivity index (χ1) is 24.5. The third kappa shape index (κ3) is 37.0. The van der Waals surface area contributed by atoms with Crippen LogP contribution in [0, 0.1) is 0 Å². The first kappa shape index (κ1) is 48.5. The van der Waals surface area contributed by atoms with E-state index < -0.39 is 32.5 Å². The summed E-state index contributed by atoms with van der Waals surface area (Å²) in [6.07, 6.45) is 39.5. The molecule has 2 atom stereocenters. The monoisotopic (exact) mass is 735 g/mol. The summed E-state index contributed by atoms with van der Waals surface area (Å²) in [7, 11) is 1.10. The molecule has 0 fully saturated rings.